The highest BCUT2D eigenvalue weighted by Crippen LogP contribution is 2.34. The molecular formula is C13H5Cl4FN2S. The van der Waals surface area contributed by atoms with Crippen LogP contribution in [0.4, 0.5) is 4.39 Å². The number of nitrogens with one attached hydrogen (secondary N) is 1. The molecule has 1 N–H and O–H groups in total. The van der Waals surface area contributed by atoms with E-state index in [2.05, 4.69) is 4.98 Å². The highest BCUT2D eigenvalue weighted by molar-refractivity contribution is 7.71. The fraction of sp³-hybridized carbons (Fsp3) is 0. The second kappa shape index (κ2) is 5.45. The zero-order valence-electron chi connectivity index (χ0n) is 10.1. The van der Waals surface area contributed by atoms with Gasteiger partial charge in [0.15, 0.2) is 4.77 Å². The number of fused-ring (bicyclic) bond motifs is 1. The maximum atomic E-state index is 13.5. The minimum Gasteiger partial charge on any atom is -0.330 e. The molecule has 0 aliphatic carbocycles. The molecule has 0 amide bonds. The van der Waals surface area contributed by atoms with E-state index in [0.717, 1.165) is 0 Å². The van der Waals surface area contributed by atoms with Crippen LogP contribution in [0.25, 0.3) is 16.7 Å². The summed E-state index contributed by atoms with van der Waals surface area (Å²) in [4.78, 5) is 2.90. The van der Waals surface area contributed by atoms with E-state index >= 15 is 0 Å². The van der Waals surface area contributed by atoms with Crippen molar-refractivity contribution in [1.82, 2.24) is 9.55 Å². The summed E-state index contributed by atoms with van der Waals surface area (Å²) in [6.07, 6.45) is 0. The van der Waals surface area contributed by atoms with E-state index in [1.165, 1.54) is 18.2 Å². The molecule has 0 atom stereocenters. The van der Waals surface area contributed by atoms with Crippen molar-refractivity contribution < 1.29 is 4.39 Å². The SMILES string of the molecule is Fc1cc2[nH]c(=S)n(-c3cc(Cl)c(Cl)cc3Cl)c2cc1Cl. The van der Waals surface area contributed by atoms with Gasteiger partial charge in [-0.3, -0.25) is 4.57 Å². The van der Waals surface area contributed by atoms with E-state index in [1.54, 1.807) is 10.6 Å². The number of aromatic nitrogens is 2. The van der Waals surface area contributed by atoms with Crippen LogP contribution in [0.15, 0.2) is 24.3 Å². The molecule has 0 spiro atoms. The average molecular weight is 382 g/mol. The number of imidazole rings is 1. The molecule has 0 aliphatic rings. The Morgan fingerprint density at radius 3 is 2.29 bits per heavy atom. The zero-order chi connectivity index (χ0) is 15.3. The van der Waals surface area contributed by atoms with Gasteiger partial charge < -0.3 is 4.98 Å². The van der Waals surface area contributed by atoms with Gasteiger partial charge in [0.25, 0.3) is 0 Å². The zero-order valence-corrected chi connectivity index (χ0v) is 13.9. The van der Waals surface area contributed by atoms with Crippen molar-refractivity contribution in [2.75, 3.05) is 0 Å². The minimum atomic E-state index is -0.534. The number of hydrogen-bond acceptors (Lipinski definition) is 1. The van der Waals surface area contributed by atoms with Crippen LogP contribution in [-0.2, 0) is 0 Å². The van der Waals surface area contributed by atoms with Crippen molar-refractivity contribution in [2.45, 2.75) is 0 Å². The van der Waals surface area contributed by atoms with Crippen LogP contribution >= 0.6 is 58.6 Å². The number of hydrogen-bond donors (Lipinski definition) is 1. The summed E-state index contributed by atoms with van der Waals surface area (Å²) in [7, 11) is 0. The fourth-order valence-electron chi connectivity index (χ4n) is 2.02. The highest BCUT2D eigenvalue weighted by atomic mass is 35.5. The van der Waals surface area contributed by atoms with E-state index in [4.69, 9.17) is 58.6 Å². The fourth-order valence-corrected chi connectivity index (χ4v) is 3.11. The number of halogens is 5. The maximum Gasteiger partial charge on any atom is 0.182 e. The third-order valence-corrected chi connectivity index (χ3v) is 4.55. The molecule has 0 saturated heterocycles. The van der Waals surface area contributed by atoms with Gasteiger partial charge in [0, 0.05) is 6.07 Å². The van der Waals surface area contributed by atoms with Gasteiger partial charge in [-0.25, -0.2) is 4.39 Å². The lowest BCUT2D eigenvalue weighted by molar-refractivity contribution is 0.630. The predicted octanol–water partition coefficient (Wildman–Crippen LogP) is 6.44. The molecule has 1 aromatic heterocycles. The molecule has 0 unspecified atom stereocenters. The van der Waals surface area contributed by atoms with Gasteiger partial charge in [-0.1, -0.05) is 46.4 Å². The smallest absolute Gasteiger partial charge is 0.182 e. The molecule has 21 heavy (non-hydrogen) atoms. The first-order valence-electron chi connectivity index (χ1n) is 5.63. The number of H-pyrrole nitrogens is 1. The molecule has 1 heterocycles. The Labute approximate surface area is 144 Å². The van der Waals surface area contributed by atoms with Crippen molar-refractivity contribution in [2.24, 2.45) is 0 Å². The number of benzene rings is 2. The van der Waals surface area contributed by atoms with Gasteiger partial charge in [-0.2, -0.15) is 0 Å². The summed E-state index contributed by atoms with van der Waals surface area (Å²) >= 11 is 29.3. The molecule has 2 nitrogen and oxygen atoms in total. The monoisotopic (exact) mass is 380 g/mol. The van der Waals surface area contributed by atoms with Gasteiger partial charge in [0.1, 0.15) is 5.82 Å². The van der Waals surface area contributed by atoms with Gasteiger partial charge in [-0.15, -0.1) is 0 Å². The molecule has 2 aromatic carbocycles. The van der Waals surface area contributed by atoms with Gasteiger partial charge in [0.05, 0.1) is 36.8 Å². The van der Waals surface area contributed by atoms with E-state index < -0.39 is 5.82 Å². The lowest BCUT2D eigenvalue weighted by atomic mass is 10.2. The predicted molar refractivity (Wildman–Crippen MR) is 88.5 cm³/mol. The highest BCUT2D eigenvalue weighted by Gasteiger charge is 2.14. The van der Waals surface area contributed by atoms with Crippen LogP contribution in [0.5, 0.6) is 0 Å². The van der Waals surface area contributed by atoms with Crippen molar-refractivity contribution >= 4 is 69.7 Å². The van der Waals surface area contributed by atoms with Crippen LogP contribution in [0, 0.1) is 10.6 Å². The quantitative estimate of drug-likeness (QED) is 0.380. The van der Waals surface area contributed by atoms with Crippen molar-refractivity contribution in [1.29, 1.82) is 0 Å². The van der Waals surface area contributed by atoms with Crippen molar-refractivity contribution in [3.63, 3.8) is 0 Å². The Bertz CT molecular complexity index is 932. The number of aromatic amines is 1. The van der Waals surface area contributed by atoms with Crippen LogP contribution in [0.2, 0.25) is 20.1 Å². The normalized spacial score (nSPS) is 11.3. The van der Waals surface area contributed by atoms with Gasteiger partial charge in [-0.05, 0) is 30.4 Å². The molecule has 0 fully saturated rings. The Morgan fingerprint density at radius 2 is 1.57 bits per heavy atom. The lowest BCUT2D eigenvalue weighted by Crippen LogP contribution is -1.96. The van der Waals surface area contributed by atoms with E-state index in [-0.39, 0.29) is 5.02 Å². The Hall–Kier alpha value is -0.780. The Morgan fingerprint density at radius 1 is 0.905 bits per heavy atom. The third kappa shape index (κ3) is 2.56. The minimum absolute atomic E-state index is 0.0126. The van der Waals surface area contributed by atoms with Gasteiger partial charge >= 0.3 is 0 Å². The summed E-state index contributed by atoms with van der Waals surface area (Å²) in [6.45, 7) is 0. The summed E-state index contributed by atoms with van der Waals surface area (Å²) in [5, 5.41) is 1.02. The average Bonchev–Trinajstić information content (AvgIpc) is 2.70. The van der Waals surface area contributed by atoms with E-state index in [9.17, 15) is 4.39 Å². The largest absolute Gasteiger partial charge is 0.330 e. The van der Waals surface area contributed by atoms with Crippen LogP contribution in [0.3, 0.4) is 0 Å². The number of rotatable bonds is 1. The second-order valence-electron chi connectivity index (χ2n) is 4.27. The first-order chi connectivity index (χ1) is 9.88. The Balaban J connectivity index is 2.40. The lowest BCUT2D eigenvalue weighted by Gasteiger charge is -2.09. The first-order valence-corrected chi connectivity index (χ1v) is 7.55. The maximum absolute atomic E-state index is 13.5. The topological polar surface area (TPSA) is 20.7 Å². The standard InChI is InChI=1S/C13H5Cl4FN2S/c14-5-1-8(17)11(2-6(5)15)20-12-3-7(16)9(18)4-10(12)19-13(20)21/h1-4H,(H,19,21). The summed E-state index contributed by atoms with van der Waals surface area (Å²) in [5.74, 6) is -0.534. The van der Waals surface area contributed by atoms with E-state index in [1.807, 2.05) is 0 Å². The molecule has 3 rings (SSSR count). The molecule has 0 radical (unpaired) electrons. The third-order valence-electron chi connectivity index (χ3n) is 2.95. The van der Waals surface area contributed by atoms with Crippen LogP contribution < -0.4 is 0 Å². The summed E-state index contributed by atoms with van der Waals surface area (Å²) in [6, 6.07) is 5.85. The van der Waals surface area contributed by atoms with E-state index in [0.29, 0.717) is 36.6 Å². The van der Waals surface area contributed by atoms with Crippen LogP contribution in [-0.4, -0.2) is 9.55 Å². The summed E-state index contributed by atoms with van der Waals surface area (Å²) < 4.78 is 15.5. The van der Waals surface area contributed by atoms with Crippen molar-refractivity contribution in [3.8, 4) is 5.69 Å². The molecule has 108 valence electrons. The summed E-state index contributed by atoms with van der Waals surface area (Å²) in [5.41, 5.74) is 1.63. The Kier molecular flexibility index (Phi) is 3.93. The molecule has 8 heteroatoms. The second-order valence-corrected chi connectivity index (χ2v) is 6.28. The molecule has 0 aliphatic heterocycles. The number of nitrogens with zero attached hydrogens (tertiary/aromatic N) is 1. The molecule has 3 aromatic rings. The first kappa shape index (κ1) is 15.1. The van der Waals surface area contributed by atoms with Gasteiger partial charge in [0.2, 0.25) is 0 Å². The molecular weight excluding hydrogens is 377 g/mol. The molecule has 0 saturated carbocycles. The molecule has 0 bridgehead atoms. The van der Waals surface area contributed by atoms with Crippen LogP contribution in [0.1, 0.15) is 0 Å². The van der Waals surface area contributed by atoms with Crippen molar-refractivity contribution in [3.05, 3.63) is 54.9 Å².